The molecule has 0 bridgehead atoms. The van der Waals surface area contributed by atoms with Gasteiger partial charge in [-0.05, 0) is 6.42 Å². The van der Waals surface area contributed by atoms with Crippen LogP contribution in [0.5, 0.6) is 0 Å². The summed E-state index contributed by atoms with van der Waals surface area (Å²) in [6.45, 7) is 2.22. The van der Waals surface area contributed by atoms with Crippen molar-refractivity contribution in [2.75, 3.05) is 0 Å². The first-order chi connectivity index (χ1) is 6.27. The first-order valence-corrected chi connectivity index (χ1v) is 5.49. The third-order valence-electron chi connectivity index (χ3n) is 2.24. The van der Waals surface area contributed by atoms with Gasteiger partial charge in [-0.2, -0.15) is 0 Å². The number of hydrogen-bond acceptors (Lipinski definition) is 1. The minimum atomic E-state index is -0.661. The van der Waals surface area contributed by atoms with Crippen molar-refractivity contribution in [2.24, 2.45) is 0 Å². The molecule has 14 heavy (non-hydrogen) atoms. The van der Waals surface area contributed by atoms with E-state index in [0.29, 0.717) is 6.42 Å². The molecule has 0 aromatic heterocycles. The van der Waals surface area contributed by atoms with Crippen LogP contribution in [0.1, 0.15) is 64.7 Å². The molecule has 0 rings (SSSR count). The Balaban J connectivity index is 0. The van der Waals surface area contributed by atoms with Crippen LogP contribution in [0.4, 0.5) is 0 Å². The van der Waals surface area contributed by atoms with Crippen molar-refractivity contribution < 1.29 is 9.90 Å². The van der Waals surface area contributed by atoms with Gasteiger partial charge >= 0.3 is 51.5 Å². The third kappa shape index (κ3) is 15.4. The fourth-order valence-electron chi connectivity index (χ4n) is 1.41. The van der Waals surface area contributed by atoms with Crippen molar-refractivity contribution in [3.8, 4) is 0 Å². The Morgan fingerprint density at radius 2 is 1.36 bits per heavy atom. The molecule has 82 valence electrons. The third-order valence-corrected chi connectivity index (χ3v) is 2.24. The number of carboxylic acids is 1. The number of carboxylic acid groups (broad SMARTS) is 1. The zero-order valence-electron chi connectivity index (χ0n) is 8.72. The number of unbranched alkanes of at least 4 members (excludes halogenated alkanes) is 7. The minimum absolute atomic E-state index is 0. The van der Waals surface area contributed by atoms with E-state index in [4.69, 9.17) is 5.11 Å². The van der Waals surface area contributed by atoms with Crippen LogP contribution >= 0.6 is 0 Å². The Morgan fingerprint density at radius 1 is 0.929 bits per heavy atom. The standard InChI is InChI=1S/C11H22O2.Sr.2H/c1-2-3-4-5-6-7-8-9-10-11(12)13;;;/h2-10H2,1H3,(H,12,13);;;. The molecule has 0 aliphatic carbocycles. The van der Waals surface area contributed by atoms with E-state index >= 15 is 0 Å². The SMILES string of the molecule is CCCCCCCCCCC(=O)O.[SrH2]. The molecule has 0 spiro atoms. The molecular formula is C11H24O2Sr. The first kappa shape index (κ1) is 17.3. The molecule has 0 aliphatic heterocycles. The van der Waals surface area contributed by atoms with Gasteiger partial charge in [-0.3, -0.25) is 4.79 Å². The Kier molecular flexibility index (Phi) is 17.3. The summed E-state index contributed by atoms with van der Waals surface area (Å²) < 4.78 is 0. The number of hydrogen-bond donors (Lipinski definition) is 1. The molecule has 3 heteroatoms. The van der Waals surface area contributed by atoms with Gasteiger partial charge in [0.05, 0.1) is 0 Å². The molecule has 0 atom stereocenters. The van der Waals surface area contributed by atoms with E-state index in [2.05, 4.69) is 6.92 Å². The number of carbonyl (C=O) groups is 1. The van der Waals surface area contributed by atoms with Crippen LogP contribution < -0.4 is 0 Å². The normalized spacial score (nSPS) is 9.50. The summed E-state index contributed by atoms with van der Waals surface area (Å²) in [7, 11) is 0. The Labute approximate surface area is 125 Å². The average molecular weight is 276 g/mol. The summed E-state index contributed by atoms with van der Waals surface area (Å²) in [5.41, 5.74) is 0. The molecule has 0 aliphatic rings. The average Bonchev–Trinajstić information content (AvgIpc) is 2.09. The van der Waals surface area contributed by atoms with E-state index in [-0.39, 0.29) is 45.5 Å². The summed E-state index contributed by atoms with van der Waals surface area (Å²) >= 11 is 0. The summed E-state index contributed by atoms with van der Waals surface area (Å²) in [5.74, 6) is -0.661. The molecule has 0 fully saturated rings. The van der Waals surface area contributed by atoms with Crippen LogP contribution in [0.25, 0.3) is 0 Å². The van der Waals surface area contributed by atoms with Gasteiger partial charge in [-0.15, -0.1) is 0 Å². The van der Waals surface area contributed by atoms with Gasteiger partial charge in [0, 0.05) is 6.42 Å². The molecule has 1 N–H and O–H groups in total. The van der Waals surface area contributed by atoms with Gasteiger partial charge in [-0.1, -0.05) is 51.9 Å². The van der Waals surface area contributed by atoms with Gasteiger partial charge in [0.2, 0.25) is 0 Å². The van der Waals surface area contributed by atoms with E-state index in [9.17, 15) is 4.79 Å². The quantitative estimate of drug-likeness (QED) is 0.519. The van der Waals surface area contributed by atoms with Gasteiger partial charge in [0.15, 0.2) is 0 Å². The van der Waals surface area contributed by atoms with Gasteiger partial charge in [0.25, 0.3) is 0 Å². The van der Waals surface area contributed by atoms with E-state index in [1.54, 1.807) is 0 Å². The molecule has 0 amide bonds. The van der Waals surface area contributed by atoms with Crippen molar-refractivity contribution in [3.05, 3.63) is 0 Å². The summed E-state index contributed by atoms with van der Waals surface area (Å²) in [5, 5.41) is 8.39. The van der Waals surface area contributed by atoms with E-state index in [1.165, 1.54) is 38.5 Å². The van der Waals surface area contributed by atoms with Gasteiger partial charge in [-0.25, -0.2) is 0 Å². The topological polar surface area (TPSA) is 37.3 Å². The van der Waals surface area contributed by atoms with Crippen LogP contribution in [0.15, 0.2) is 0 Å². The molecule has 0 heterocycles. The van der Waals surface area contributed by atoms with Crippen LogP contribution in [0, 0.1) is 0 Å². The molecule has 0 aromatic rings. The molecule has 2 nitrogen and oxygen atoms in total. The second-order valence-corrected chi connectivity index (χ2v) is 3.62. The maximum atomic E-state index is 10.2. The molecule has 0 aromatic carbocycles. The second kappa shape index (κ2) is 14.0. The molecular weight excluding hydrogens is 252 g/mol. The van der Waals surface area contributed by atoms with Crippen molar-refractivity contribution >= 4 is 51.5 Å². The van der Waals surface area contributed by atoms with Gasteiger partial charge in [0.1, 0.15) is 0 Å². The van der Waals surface area contributed by atoms with Crippen LogP contribution in [0.2, 0.25) is 0 Å². The number of rotatable bonds is 9. The predicted molar refractivity (Wildman–Crippen MR) is 63.4 cm³/mol. The zero-order valence-corrected chi connectivity index (χ0v) is 8.72. The monoisotopic (exact) mass is 276 g/mol. The maximum absolute atomic E-state index is 10.2. The van der Waals surface area contributed by atoms with Crippen LogP contribution in [-0.4, -0.2) is 56.6 Å². The fraction of sp³-hybridized carbons (Fsp3) is 0.909. The van der Waals surface area contributed by atoms with Crippen LogP contribution in [0.3, 0.4) is 0 Å². The van der Waals surface area contributed by atoms with Crippen molar-refractivity contribution in [2.45, 2.75) is 64.7 Å². The molecule has 0 unspecified atom stereocenters. The number of aliphatic carboxylic acids is 1. The zero-order chi connectivity index (χ0) is 9.94. The first-order valence-electron chi connectivity index (χ1n) is 5.49. The molecule has 0 saturated heterocycles. The van der Waals surface area contributed by atoms with Crippen molar-refractivity contribution in [1.29, 1.82) is 0 Å². The van der Waals surface area contributed by atoms with E-state index in [0.717, 1.165) is 12.8 Å². The van der Waals surface area contributed by atoms with E-state index < -0.39 is 5.97 Å². The predicted octanol–water partition coefficient (Wildman–Crippen LogP) is 2.69. The van der Waals surface area contributed by atoms with Crippen molar-refractivity contribution in [1.82, 2.24) is 0 Å². The van der Waals surface area contributed by atoms with Crippen LogP contribution in [-0.2, 0) is 4.79 Å². The van der Waals surface area contributed by atoms with Gasteiger partial charge < -0.3 is 5.11 Å². The summed E-state index contributed by atoms with van der Waals surface area (Å²) in [6, 6.07) is 0. The molecule has 0 saturated carbocycles. The molecule has 0 radical (unpaired) electrons. The summed E-state index contributed by atoms with van der Waals surface area (Å²) in [6.07, 6.45) is 10.1. The fourth-order valence-corrected chi connectivity index (χ4v) is 1.41. The van der Waals surface area contributed by atoms with Crippen molar-refractivity contribution in [3.63, 3.8) is 0 Å². The summed E-state index contributed by atoms with van der Waals surface area (Å²) in [4.78, 5) is 10.2. The Bertz CT molecular complexity index is 126. The second-order valence-electron chi connectivity index (χ2n) is 3.62. The Hall–Kier alpha value is 0.951. The van der Waals surface area contributed by atoms with E-state index in [1.807, 2.05) is 0 Å². The Morgan fingerprint density at radius 3 is 1.79 bits per heavy atom.